The van der Waals surface area contributed by atoms with E-state index in [1.165, 1.54) is 19.2 Å². The molecule has 2 rings (SSSR count). The van der Waals surface area contributed by atoms with Crippen molar-refractivity contribution in [2.45, 2.75) is 0 Å². The number of nitro benzene ring substituents is 1. The Labute approximate surface area is 158 Å². The number of benzene rings is 2. The van der Waals surface area contributed by atoms with Crippen molar-refractivity contribution in [1.29, 1.82) is 0 Å². The van der Waals surface area contributed by atoms with Crippen molar-refractivity contribution in [3.63, 3.8) is 0 Å². The van der Waals surface area contributed by atoms with Gasteiger partial charge in [-0.3, -0.25) is 15.5 Å². The number of carboxylic acid groups (broad SMARTS) is 1. The maximum Gasteiger partial charge on any atom is 0.335 e. The summed E-state index contributed by atoms with van der Waals surface area (Å²) in [6, 6.07) is 8.18. The second-order valence-corrected chi connectivity index (χ2v) is 5.46. The zero-order chi connectivity index (χ0) is 20.0. The average molecular weight is 390 g/mol. The van der Waals surface area contributed by atoms with Crippen molar-refractivity contribution in [1.82, 2.24) is 5.43 Å². The Balaban J connectivity index is 2.10. The van der Waals surface area contributed by atoms with Gasteiger partial charge in [-0.1, -0.05) is 6.07 Å². The van der Waals surface area contributed by atoms with Gasteiger partial charge in [-0.05, 0) is 30.4 Å². The summed E-state index contributed by atoms with van der Waals surface area (Å²) < 4.78 is 4.89. The fraction of sp³-hybridized carbons (Fsp3) is 0.0625. The van der Waals surface area contributed by atoms with E-state index in [0.717, 1.165) is 18.3 Å². The van der Waals surface area contributed by atoms with Gasteiger partial charge in [-0.25, -0.2) is 4.79 Å². The maximum absolute atomic E-state index is 10.9. The number of nitrogens with one attached hydrogen (secondary N) is 2. The zero-order valence-corrected chi connectivity index (χ0v) is 14.7. The first kappa shape index (κ1) is 19.6. The van der Waals surface area contributed by atoms with Gasteiger partial charge in [0.15, 0.2) is 16.6 Å². The van der Waals surface area contributed by atoms with Gasteiger partial charge in [-0.15, -0.1) is 0 Å². The lowest BCUT2D eigenvalue weighted by atomic mass is 10.2. The minimum Gasteiger partial charge on any atom is -0.504 e. The van der Waals surface area contributed by atoms with Crippen LogP contribution in [-0.2, 0) is 0 Å². The number of aromatic carboxylic acids is 1. The molecular weight excluding hydrogens is 376 g/mol. The maximum atomic E-state index is 10.9. The molecule has 0 bridgehead atoms. The topological polar surface area (TPSA) is 146 Å². The monoisotopic (exact) mass is 390 g/mol. The number of anilines is 1. The predicted molar refractivity (Wildman–Crippen MR) is 102 cm³/mol. The molecule has 11 heteroatoms. The second-order valence-electron chi connectivity index (χ2n) is 5.05. The highest BCUT2D eigenvalue weighted by atomic mass is 32.1. The van der Waals surface area contributed by atoms with Gasteiger partial charge in [0.1, 0.15) is 0 Å². The molecule has 0 spiro atoms. The number of rotatable bonds is 6. The molecule has 0 amide bonds. The molecule has 27 heavy (non-hydrogen) atoms. The van der Waals surface area contributed by atoms with Gasteiger partial charge in [0.25, 0.3) is 5.69 Å². The molecule has 10 nitrogen and oxygen atoms in total. The van der Waals surface area contributed by atoms with Crippen LogP contribution in [-0.4, -0.2) is 39.5 Å². The minimum absolute atomic E-state index is 0.0456. The number of carbonyl (C=O) groups is 1. The number of methoxy groups -OCH3 is 1. The van der Waals surface area contributed by atoms with Crippen molar-refractivity contribution in [3.05, 3.63) is 57.6 Å². The number of ether oxygens (including phenoxy) is 1. The second kappa shape index (κ2) is 8.58. The number of phenols is 1. The van der Waals surface area contributed by atoms with Crippen LogP contribution in [0.15, 0.2) is 41.5 Å². The van der Waals surface area contributed by atoms with Crippen molar-refractivity contribution < 1.29 is 24.7 Å². The van der Waals surface area contributed by atoms with Crippen LogP contribution in [0.25, 0.3) is 0 Å². The highest BCUT2D eigenvalue weighted by Gasteiger charge is 2.15. The summed E-state index contributed by atoms with van der Waals surface area (Å²) in [4.78, 5) is 21.2. The predicted octanol–water partition coefficient (Wildman–Crippen LogP) is 2.33. The number of phenolic OH excluding ortho intramolecular Hbond substituents is 1. The van der Waals surface area contributed by atoms with E-state index in [1.807, 2.05) is 0 Å². The fourth-order valence-electron chi connectivity index (χ4n) is 2.02. The van der Waals surface area contributed by atoms with Gasteiger partial charge in [0.05, 0.1) is 29.9 Å². The van der Waals surface area contributed by atoms with Crippen LogP contribution in [0.3, 0.4) is 0 Å². The molecule has 0 saturated heterocycles. The van der Waals surface area contributed by atoms with Crippen molar-refractivity contribution in [2.75, 3.05) is 12.4 Å². The quantitative estimate of drug-likeness (QED) is 0.252. The molecule has 0 aliphatic carbocycles. The largest absolute Gasteiger partial charge is 0.504 e. The molecular formula is C16H14N4O6S. The molecule has 0 radical (unpaired) electrons. The third-order valence-electron chi connectivity index (χ3n) is 3.26. The summed E-state index contributed by atoms with van der Waals surface area (Å²) in [7, 11) is 1.27. The highest BCUT2D eigenvalue weighted by molar-refractivity contribution is 7.80. The van der Waals surface area contributed by atoms with Crippen molar-refractivity contribution in [3.8, 4) is 11.5 Å². The fourth-order valence-corrected chi connectivity index (χ4v) is 2.19. The molecule has 4 N–H and O–H groups in total. The van der Waals surface area contributed by atoms with Gasteiger partial charge in [0.2, 0.25) is 0 Å². The number of nitro groups is 1. The first-order valence-electron chi connectivity index (χ1n) is 7.30. The average Bonchev–Trinajstić information content (AvgIpc) is 2.63. The first-order valence-corrected chi connectivity index (χ1v) is 7.71. The Morgan fingerprint density at radius 1 is 1.37 bits per heavy atom. The van der Waals surface area contributed by atoms with Crippen LogP contribution in [0.4, 0.5) is 11.4 Å². The van der Waals surface area contributed by atoms with E-state index in [2.05, 4.69) is 15.8 Å². The van der Waals surface area contributed by atoms with E-state index in [1.54, 1.807) is 12.1 Å². The van der Waals surface area contributed by atoms with E-state index in [-0.39, 0.29) is 33.4 Å². The molecule has 0 fully saturated rings. The van der Waals surface area contributed by atoms with Gasteiger partial charge < -0.3 is 20.3 Å². The number of hydrogen-bond donors (Lipinski definition) is 4. The van der Waals surface area contributed by atoms with E-state index in [4.69, 9.17) is 22.1 Å². The van der Waals surface area contributed by atoms with Crippen molar-refractivity contribution >= 4 is 40.9 Å². The Bertz CT molecular complexity index is 931. The number of thiocarbonyl (C=S) groups is 1. The molecule has 0 atom stereocenters. The minimum atomic E-state index is -1.08. The Morgan fingerprint density at radius 3 is 2.74 bits per heavy atom. The number of non-ortho nitro benzene ring substituents is 1. The molecule has 0 unspecified atom stereocenters. The summed E-state index contributed by atoms with van der Waals surface area (Å²) in [6.45, 7) is 0. The lowest BCUT2D eigenvalue weighted by Crippen LogP contribution is -2.24. The number of carboxylic acids is 1. The van der Waals surface area contributed by atoms with E-state index < -0.39 is 10.9 Å². The number of nitrogens with zero attached hydrogens (tertiary/aromatic N) is 2. The standard InChI is InChI=1S/C16H14N4O6S/c1-26-13-7-12(20(24)25)6-10(14(13)21)8-17-19-16(27)18-11-4-2-3-9(5-11)15(22)23/h2-8,21H,1H3,(H,22,23)(H2,18,19,27)/b17-8+. The van der Waals surface area contributed by atoms with Gasteiger partial charge >= 0.3 is 5.97 Å². The number of hydrazone groups is 1. The normalized spacial score (nSPS) is 10.4. The van der Waals surface area contributed by atoms with Crippen LogP contribution in [0.1, 0.15) is 15.9 Å². The van der Waals surface area contributed by atoms with Gasteiger partial charge in [-0.2, -0.15) is 5.10 Å². The number of hydrogen-bond acceptors (Lipinski definition) is 7. The van der Waals surface area contributed by atoms with Crippen LogP contribution in [0, 0.1) is 10.1 Å². The molecule has 0 aliphatic heterocycles. The van der Waals surface area contributed by atoms with E-state index in [0.29, 0.717) is 5.69 Å². The van der Waals surface area contributed by atoms with E-state index >= 15 is 0 Å². The summed E-state index contributed by atoms with van der Waals surface area (Å²) >= 11 is 5.03. The molecule has 0 saturated carbocycles. The van der Waals surface area contributed by atoms with Crippen LogP contribution < -0.4 is 15.5 Å². The molecule has 140 valence electrons. The Kier molecular flexibility index (Phi) is 6.23. The third-order valence-corrected chi connectivity index (χ3v) is 3.45. The van der Waals surface area contributed by atoms with Crippen LogP contribution >= 0.6 is 12.2 Å². The lowest BCUT2D eigenvalue weighted by molar-refractivity contribution is -0.385. The highest BCUT2D eigenvalue weighted by Crippen LogP contribution is 2.33. The summed E-state index contributed by atoms with van der Waals surface area (Å²) in [5, 5.41) is 36.5. The number of aromatic hydroxyl groups is 1. The molecule has 2 aromatic rings. The summed E-state index contributed by atoms with van der Waals surface area (Å²) in [6.07, 6.45) is 1.13. The third kappa shape index (κ3) is 5.12. The molecule has 0 heterocycles. The summed E-state index contributed by atoms with van der Waals surface area (Å²) in [5.41, 5.74) is 2.74. The summed E-state index contributed by atoms with van der Waals surface area (Å²) in [5.74, 6) is -1.47. The van der Waals surface area contributed by atoms with Crippen molar-refractivity contribution in [2.24, 2.45) is 5.10 Å². The zero-order valence-electron chi connectivity index (χ0n) is 13.9. The molecule has 0 aliphatic rings. The SMILES string of the molecule is COc1cc([N+](=O)[O-])cc(/C=N/NC(=S)Nc2cccc(C(=O)O)c2)c1O. The molecule has 2 aromatic carbocycles. The van der Waals surface area contributed by atoms with E-state index in [9.17, 15) is 20.0 Å². The Morgan fingerprint density at radius 2 is 2.11 bits per heavy atom. The smallest absolute Gasteiger partial charge is 0.335 e. The van der Waals surface area contributed by atoms with Crippen LogP contribution in [0.2, 0.25) is 0 Å². The van der Waals surface area contributed by atoms with Crippen LogP contribution in [0.5, 0.6) is 11.5 Å². The first-order chi connectivity index (χ1) is 12.8. The Hall–Kier alpha value is -3.73. The lowest BCUT2D eigenvalue weighted by Gasteiger charge is -2.08. The van der Waals surface area contributed by atoms with Gasteiger partial charge in [0, 0.05) is 17.3 Å². The molecule has 0 aromatic heterocycles.